The van der Waals surface area contributed by atoms with Crippen LogP contribution < -0.4 is 9.64 Å². The predicted octanol–water partition coefficient (Wildman–Crippen LogP) is 4.01. The number of benzene rings is 1. The summed E-state index contributed by atoms with van der Waals surface area (Å²) in [4.78, 5) is 17.2. The number of aromatic nitrogens is 4. The van der Waals surface area contributed by atoms with Crippen LogP contribution in [-0.2, 0) is 16.5 Å². The number of carbonyl (C=O) groups excluding carboxylic acids is 1. The average molecular weight is 549 g/mol. The standard InChI is InChI=1S/C29H36N6O5/c1-29(2,3)40-28(37)35-21-11-20(12-22(35)17-38-16-21)34-8-5-9-39-26-13-24(31-32-27(26)34)23-7-6-18(10-25(23)36)19-14-30-33(4)15-19/h6-7,10,13-15,20-22,36H,5,8-9,11-12,16-17H2,1-4H3/t20?,21-,22?/m0/s1. The fourth-order valence-corrected chi connectivity index (χ4v) is 5.94. The van der Waals surface area contributed by atoms with Gasteiger partial charge in [-0.1, -0.05) is 6.07 Å². The molecule has 2 saturated heterocycles. The fraction of sp³-hybridized carbons (Fsp3) is 0.517. The van der Waals surface area contributed by atoms with Crippen molar-refractivity contribution in [3.63, 3.8) is 0 Å². The minimum Gasteiger partial charge on any atom is -0.507 e. The first-order valence-electron chi connectivity index (χ1n) is 13.8. The molecule has 11 nitrogen and oxygen atoms in total. The van der Waals surface area contributed by atoms with Gasteiger partial charge in [0.2, 0.25) is 0 Å². The van der Waals surface area contributed by atoms with E-state index in [1.165, 1.54) is 0 Å². The minimum absolute atomic E-state index is 0.0671. The monoisotopic (exact) mass is 548 g/mol. The van der Waals surface area contributed by atoms with E-state index in [9.17, 15) is 9.90 Å². The molecule has 6 rings (SSSR count). The van der Waals surface area contributed by atoms with Crippen molar-refractivity contribution in [1.82, 2.24) is 24.9 Å². The summed E-state index contributed by atoms with van der Waals surface area (Å²) in [7, 11) is 1.86. The summed E-state index contributed by atoms with van der Waals surface area (Å²) in [6.45, 7) is 7.99. The lowest BCUT2D eigenvalue weighted by Gasteiger charge is -2.50. The summed E-state index contributed by atoms with van der Waals surface area (Å²) in [6, 6.07) is 7.38. The summed E-state index contributed by atoms with van der Waals surface area (Å²) >= 11 is 0. The summed E-state index contributed by atoms with van der Waals surface area (Å²) in [5, 5.41) is 24.2. The Hall–Kier alpha value is -3.86. The molecule has 3 aliphatic heterocycles. The summed E-state index contributed by atoms with van der Waals surface area (Å²) in [6.07, 6.45) is 5.72. The van der Waals surface area contributed by atoms with Crippen LogP contribution in [-0.4, -0.2) is 86.2 Å². The number of rotatable bonds is 3. The second-order valence-electron chi connectivity index (χ2n) is 11.8. The van der Waals surface area contributed by atoms with Gasteiger partial charge in [-0.05, 0) is 57.7 Å². The zero-order valence-corrected chi connectivity index (χ0v) is 23.4. The van der Waals surface area contributed by atoms with E-state index >= 15 is 0 Å². The van der Waals surface area contributed by atoms with Crippen LogP contribution in [0.4, 0.5) is 10.6 Å². The maximum atomic E-state index is 13.0. The summed E-state index contributed by atoms with van der Waals surface area (Å²) in [5.74, 6) is 1.46. The van der Waals surface area contributed by atoms with Gasteiger partial charge in [0.05, 0.1) is 38.1 Å². The molecule has 11 heteroatoms. The molecule has 2 bridgehead atoms. The second-order valence-corrected chi connectivity index (χ2v) is 11.8. The molecule has 0 radical (unpaired) electrons. The molecule has 5 heterocycles. The molecular weight excluding hydrogens is 512 g/mol. The Morgan fingerprint density at radius 2 is 1.85 bits per heavy atom. The lowest BCUT2D eigenvalue weighted by Crippen LogP contribution is -2.63. The number of ether oxygens (including phenoxy) is 3. The highest BCUT2D eigenvalue weighted by Crippen LogP contribution is 2.40. The van der Waals surface area contributed by atoms with Gasteiger partial charge in [-0.25, -0.2) is 4.79 Å². The highest BCUT2D eigenvalue weighted by molar-refractivity contribution is 5.75. The molecule has 0 aliphatic carbocycles. The number of fused-ring (bicyclic) bond motifs is 3. The van der Waals surface area contributed by atoms with Crippen molar-refractivity contribution in [1.29, 1.82) is 0 Å². The molecule has 3 aromatic rings. The van der Waals surface area contributed by atoms with Crippen LogP contribution in [0.3, 0.4) is 0 Å². The minimum atomic E-state index is -0.551. The van der Waals surface area contributed by atoms with Crippen molar-refractivity contribution in [2.45, 2.75) is 63.8 Å². The van der Waals surface area contributed by atoms with Crippen molar-refractivity contribution >= 4 is 11.9 Å². The Morgan fingerprint density at radius 1 is 1.07 bits per heavy atom. The molecular formula is C29H36N6O5. The smallest absolute Gasteiger partial charge is 0.410 e. The van der Waals surface area contributed by atoms with E-state index in [1.807, 2.05) is 57.1 Å². The molecule has 3 atom stereocenters. The number of aromatic hydroxyl groups is 1. The maximum Gasteiger partial charge on any atom is 0.410 e. The van der Waals surface area contributed by atoms with Crippen LogP contribution in [0.1, 0.15) is 40.0 Å². The van der Waals surface area contributed by atoms with E-state index in [0.717, 1.165) is 36.9 Å². The van der Waals surface area contributed by atoms with Gasteiger partial charge in [0.1, 0.15) is 17.0 Å². The van der Waals surface area contributed by atoms with Gasteiger partial charge in [0, 0.05) is 43.0 Å². The maximum absolute atomic E-state index is 13.0. The molecule has 0 saturated carbocycles. The fourth-order valence-electron chi connectivity index (χ4n) is 5.94. The molecule has 3 aliphatic rings. The number of hydrogen-bond acceptors (Lipinski definition) is 9. The van der Waals surface area contributed by atoms with Crippen LogP contribution in [0.15, 0.2) is 36.7 Å². The van der Waals surface area contributed by atoms with Gasteiger partial charge in [0.25, 0.3) is 0 Å². The van der Waals surface area contributed by atoms with E-state index < -0.39 is 5.60 Å². The Labute approximate surface area is 233 Å². The predicted molar refractivity (Wildman–Crippen MR) is 148 cm³/mol. The molecule has 0 spiro atoms. The Bertz CT molecular complexity index is 1390. The van der Waals surface area contributed by atoms with E-state index in [2.05, 4.69) is 20.2 Å². The molecule has 40 heavy (non-hydrogen) atoms. The largest absolute Gasteiger partial charge is 0.507 e. The second kappa shape index (κ2) is 10.3. The van der Waals surface area contributed by atoms with Gasteiger partial charge in [-0.3, -0.25) is 9.58 Å². The topological polar surface area (TPSA) is 115 Å². The number of phenols is 1. The van der Waals surface area contributed by atoms with Gasteiger partial charge < -0.3 is 24.2 Å². The molecule has 1 amide bonds. The highest BCUT2D eigenvalue weighted by atomic mass is 16.6. The molecule has 212 valence electrons. The number of nitrogens with zero attached hydrogens (tertiary/aromatic N) is 6. The van der Waals surface area contributed by atoms with E-state index in [-0.39, 0.29) is 30.0 Å². The number of aryl methyl sites for hydroxylation is 1. The molecule has 2 fully saturated rings. The zero-order valence-electron chi connectivity index (χ0n) is 23.4. The van der Waals surface area contributed by atoms with Gasteiger partial charge in [-0.15, -0.1) is 10.2 Å². The van der Waals surface area contributed by atoms with Crippen molar-refractivity contribution in [3.8, 4) is 33.9 Å². The van der Waals surface area contributed by atoms with Gasteiger partial charge in [-0.2, -0.15) is 5.10 Å². The van der Waals surface area contributed by atoms with Gasteiger partial charge in [0.15, 0.2) is 11.6 Å². The summed E-state index contributed by atoms with van der Waals surface area (Å²) < 4.78 is 19.4. The molecule has 1 N–H and O–H groups in total. The van der Waals surface area contributed by atoms with Crippen LogP contribution >= 0.6 is 0 Å². The number of hydrogen-bond donors (Lipinski definition) is 1. The number of amides is 1. The number of piperidine rings is 1. The molecule has 1 aromatic carbocycles. The first-order chi connectivity index (χ1) is 19.2. The van der Waals surface area contributed by atoms with Crippen LogP contribution in [0.25, 0.3) is 22.4 Å². The van der Waals surface area contributed by atoms with Crippen LogP contribution in [0.2, 0.25) is 0 Å². The van der Waals surface area contributed by atoms with E-state index in [4.69, 9.17) is 14.2 Å². The molecule has 2 aromatic heterocycles. The number of phenolic OH excluding ortho intramolecular Hbond substituents is 1. The van der Waals surface area contributed by atoms with Crippen molar-refractivity contribution in [2.24, 2.45) is 7.05 Å². The molecule has 2 unspecified atom stereocenters. The Balaban J connectivity index is 1.24. The third kappa shape index (κ3) is 5.17. The average Bonchev–Trinajstić information content (AvgIpc) is 3.22. The SMILES string of the molecule is Cn1cc(-c2ccc(-c3cc4c(nn3)N(C3CC5COC[C@H](C3)N5C(=O)OC(C)(C)C)CCCO4)c(O)c2)cn1. The summed E-state index contributed by atoms with van der Waals surface area (Å²) in [5.41, 5.74) is 2.36. The van der Waals surface area contributed by atoms with Crippen molar-refractivity contribution in [3.05, 3.63) is 36.7 Å². The Morgan fingerprint density at radius 3 is 2.52 bits per heavy atom. The lowest BCUT2D eigenvalue weighted by molar-refractivity contribution is -0.0822. The van der Waals surface area contributed by atoms with Crippen molar-refractivity contribution < 1.29 is 24.1 Å². The number of morpholine rings is 1. The highest BCUT2D eigenvalue weighted by Gasteiger charge is 2.45. The lowest BCUT2D eigenvalue weighted by atomic mass is 9.89. The first-order valence-corrected chi connectivity index (χ1v) is 13.8. The third-order valence-electron chi connectivity index (χ3n) is 7.67. The third-order valence-corrected chi connectivity index (χ3v) is 7.67. The van der Waals surface area contributed by atoms with Crippen LogP contribution in [0.5, 0.6) is 11.5 Å². The van der Waals surface area contributed by atoms with Crippen molar-refractivity contribution in [2.75, 3.05) is 31.3 Å². The van der Waals surface area contributed by atoms with E-state index in [1.54, 1.807) is 16.9 Å². The van der Waals surface area contributed by atoms with E-state index in [0.29, 0.717) is 42.6 Å². The quantitative estimate of drug-likeness (QED) is 0.518. The van der Waals surface area contributed by atoms with Gasteiger partial charge >= 0.3 is 6.09 Å². The number of anilines is 1. The first kappa shape index (κ1) is 26.4. The number of carbonyl (C=O) groups is 1. The van der Waals surface area contributed by atoms with Crippen LogP contribution in [0, 0.1) is 0 Å². The Kier molecular flexibility index (Phi) is 6.77. The normalized spacial score (nSPS) is 22.8. The zero-order chi connectivity index (χ0) is 28.0.